The van der Waals surface area contributed by atoms with Gasteiger partial charge in [-0.1, -0.05) is 6.07 Å². The minimum absolute atomic E-state index is 0.0594. The SMILES string of the molecule is Cc1cc2c(cc1N)CCC(C)(C)N2c1ccccn1. The molecule has 0 bridgehead atoms. The maximum atomic E-state index is 6.06. The van der Waals surface area contributed by atoms with Crippen molar-refractivity contribution in [3.8, 4) is 0 Å². The maximum Gasteiger partial charge on any atom is 0.133 e. The smallest absolute Gasteiger partial charge is 0.133 e. The summed E-state index contributed by atoms with van der Waals surface area (Å²) in [6.07, 6.45) is 4.01. The van der Waals surface area contributed by atoms with Crippen LogP contribution in [0.2, 0.25) is 0 Å². The molecule has 0 radical (unpaired) electrons. The van der Waals surface area contributed by atoms with Gasteiger partial charge in [-0.3, -0.25) is 0 Å². The Morgan fingerprint density at radius 1 is 1.25 bits per heavy atom. The topological polar surface area (TPSA) is 42.1 Å². The Morgan fingerprint density at radius 3 is 2.75 bits per heavy atom. The summed E-state index contributed by atoms with van der Waals surface area (Å²) in [5, 5.41) is 0. The van der Waals surface area contributed by atoms with Crippen LogP contribution in [0, 0.1) is 6.92 Å². The fourth-order valence-corrected chi connectivity index (χ4v) is 2.96. The number of fused-ring (bicyclic) bond motifs is 1. The minimum Gasteiger partial charge on any atom is -0.399 e. The zero-order valence-electron chi connectivity index (χ0n) is 12.4. The zero-order chi connectivity index (χ0) is 14.3. The Balaban J connectivity index is 2.19. The molecule has 1 aliphatic heterocycles. The predicted octanol–water partition coefficient (Wildman–Crippen LogP) is 3.84. The van der Waals surface area contributed by atoms with E-state index in [0.29, 0.717) is 0 Å². The summed E-state index contributed by atoms with van der Waals surface area (Å²) in [5.41, 5.74) is 10.7. The van der Waals surface area contributed by atoms with Crippen LogP contribution >= 0.6 is 0 Å². The van der Waals surface area contributed by atoms with E-state index in [4.69, 9.17) is 5.73 Å². The molecule has 0 saturated carbocycles. The van der Waals surface area contributed by atoms with Gasteiger partial charge in [-0.2, -0.15) is 0 Å². The van der Waals surface area contributed by atoms with E-state index in [-0.39, 0.29) is 5.54 Å². The third kappa shape index (κ3) is 2.03. The normalized spacial score (nSPS) is 16.9. The van der Waals surface area contributed by atoms with E-state index in [9.17, 15) is 0 Å². The van der Waals surface area contributed by atoms with Gasteiger partial charge in [0, 0.05) is 23.1 Å². The lowest BCUT2D eigenvalue weighted by molar-refractivity contribution is 0.444. The van der Waals surface area contributed by atoms with Crippen molar-refractivity contribution >= 4 is 17.2 Å². The molecule has 3 nitrogen and oxygen atoms in total. The lowest BCUT2D eigenvalue weighted by atomic mass is 9.86. The molecule has 2 aromatic rings. The van der Waals surface area contributed by atoms with Gasteiger partial charge in [-0.25, -0.2) is 4.98 Å². The highest BCUT2D eigenvalue weighted by atomic mass is 15.3. The molecule has 1 aromatic heterocycles. The first-order valence-corrected chi connectivity index (χ1v) is 7.09. The second-order valence-corrected chi connectivity index (χ2v) is 6.17. The molecule has 0 aliphatic carbocycles. The van der Waals surface area contributed by atoms with E-state index in [1.165, 1.54) is 11.3 Å². The third-order valence-corrected chi connectivity index (χ3v) is 4.20. The first-order chi connectivity index (χ1) is 9.49. The number of benzene rings is 1. The number of nitrogen functional groups attached to an aromatic ring is 1. The Labute approximate surface area is 120 Å². The number of nitrogens with zero attached hydrogens (tertiary/aromatic N) is 2. The predicted molar refractivity (Wildman–Crippen MR) is 84.4 cm³/mol. The highest BCUT2D eigenvalue weighted by Crippen LogP contribution is 2.42. The molecule has 2 heterocycles. The number of hydrogen-bond donors (Lipinski definition) is 1. The first-order valence-electron chi connectivity index (χ1n) is 7.09. The summed E-state index contributed by atoms with van der Waals surface area (Å²) in [5.74, 6) is 1.00. The van der Waals surface area contributed by atoms with Gasteiger partial charge in [-0.15, -0.1) is 0 Å². The summed E-state index contributed by atoms with van der Waals surface area (Å²) in [6, 6.07) is 10.4. The molecular formula is C17H21N3. The van der Waals surface area contributed by atoms with Crippen LogP contribution < -0.4 is 10.6 Å². The first kappa shape index (κ1) is 13.0. The van der Waals surface area contributed by atoms with Crippen LogP contribution in [-0.2, 0) is 6.42 Å². The molecule has 0 saturated heterocycles. The Kier molecular flexibility index (Phi) is 2.93. The van der Waals surface area contributed by atoms with Gasteiger partial charge in [0.05, 0.1) is 0 Å². The second-order valence-electron chi connectivity index (χ2n) is 6.17. The van der Waals surface area contributed by atoms with Crippen LogP contribution in [0.25, 0.3) is 0 Å². The monoisotopic (exact) mass is 267 g/mol. The lowest BCUT2D eigenvalue weighted by Crippen LogP contribution is -2.44. The number of rotatable bonds is 1. The Hall–Kier alpha value is -2.03. The molecule has 1 aliphatic rings. The van der Waals surface area contributed by atoms with Crippen molar-refractivity contribution in [2.45, 2.75) is 39.2 Å². The molecule has 20 heavy (non-hydrogen) atoms. The third-order valence-electron chi connectivity index (χ3n) is 4.20. The van der Waals surface area contributed by atoms with Gasteiger partial charge in [-0.05, 0) is 69.0 Å². The zero-order valence-corrected chi connectivity index (χ0v) is 12.4. The minimum atomic E-state index is 0.0594. The van der Waals surface area contributed by atoms with E-state index in [1.807, 2.05) is 18.3 Å². The Morgan fingerprint density at radius 2 is 2.05 bits per heavy atom. The molecule has 3 rings (SSSR count). The van der Waals surface area contributed by atoms with Crippen molar-refractivity contribution in [1.82, 2.24) is 4.98 Å². The lowest BCUT2D eigenvalue weighted by Gasteiger charge is -2.44. The molecule has 3 heteroatoms. The van der Waals surface area contributed by atoms with Crippen LogP contribution in [-0.4, -0.2) is 10.5 Å². The molecule has 104 valence electrons. The average molecular weight is 267 g/mol. The van der Waals surface area contributed by atoms with Crippen LogP contribution in [0.5, 0.6) is 0 Å². The summed E-state index contributed by atoms with van der Waals surface area (Å²) < 4.78 is 0. The molecule has 0 spiro atoms. The largest absolute Gasteiger partial charge is 0.399 e. The van der Waals surface area contributed by atoms with Crippen LogP contribution in [0.15, 0.2) is 36.5 Å². The van der Waals surface area contributed by atoms with Crippen LogP contribution in [0.3, 0.4) is 0 Å². The summed E-state index contributed by atoms with van der Waals surface area (Å²) in [4.78, 5) is 6.89. The second kappa shape index (κ2) is 4.51. The Bertz CT molecular complexity index is 632. The standard InChI is InChI=1S/C17H21N3/c1-12-10-15-13(11-14(12)18)7-8-17(2,3)20(15)16-6-4-5-9-19-16/h4-6,9-11H,7-8,18H2,1-3H3. The van der Waals surface area contributed by atoms with E-state index in [2.05, 4.69) is 48.9 Å². The quantitative estimate of drug-likeness (QED) is 0.798. The van der Waals surface area contributed by atoms with Gasteiger partial charge in [0.1, 0.15) is 5.82 Å². The molecule has 0 atom stereocenters. The van der Waals surface area contributed by atoms with Gasteiger partial charge in [0.2, 0.25) is 0 Å². The number of aromatic nitrogens is 1. The summed E-state index contributed by atoms with van der Waals surface area (Å²) in [6.45, 7) is 6.61. The highest BCUT2D eigenvalue weighted by molar-refractivity contribution is 5.72. The fraction of sp³-hybridized carbons (Fsp3) is 0.353. The van der Waals surface area contributed by atoms with Gasteiger partial charge in [0.25, 0.3) is 0 Å². The maximum absolute atomic E-state index is 6.06. The fourth-order valence-electron chi connectivity index (χ4n) is 2.96. The van der Waals surface area contributed by atoms with Crippen molar-refractivity contribution in [3.63, 3.8) is 0 Å². The van der Waals surface area contributed by atoms with E-state index in [0.717, 1.165) is 29.9 Å². The van der Waals surface area contributed by atoms with Crippen molar-refractivity contribution in [3.05, 3.63) is 47.7 Å². The molecule has 1 aromatic carbocycles. The molecular weight excluding hydrogens is 246 g/mol. The number of pyridine rings is 1. The number of nitrogens with two attached hydrogens (primary N) is 1. The van der Waals surface area contributed by atoms with Crippen molar-refractivity contribution in [2.24, 2.45) is 0 Å². The molecule has 0 fully saturated rings. The number of hydrogen-bond acceptors (Lipinski definition) is 3. The van der Waals surface area contributed by atoms with Gasteiger partial charge < -0.3 is 10.6 Å². The van der Waals surface area contributed by atoms with E-state index in [1.54, 1.807) is 0 Å². The number of aryl methyl sites for hydroxylation is 2. The summed E-state index contributed by atoms with van der Waals surface area (Å²) in [7, 11) is 0. The van der Waals surface area contributed by atoms with Gasteiger partial charge >= 0.3 is 0 Å². The van der Waals surface area contributed by atoms with Crippen LogP contribution in [0.1, 0.15) is 31.4 Å². The highest BCUT2D eigenvalue weighted by Gasteiger charge is 2.34. The molecule has 0 amide bonds. The van der Waals surface area contributed by atoms with Crippen molar-refractivity contribution < 1.29 is 0 Å². The molecule has 0 unspecified atom stereocenters. The van der Waals surface area contributed by atoms with Gasteiger partial charge in [0.15, 0.2) is 0 Å². The molecule has 2 N–H and O–H groups in total. The summed E-state index contributed by atoms with van der Waals surface area (Å²) >= 11 is 0. The average Bonchev–Trinajstić information content (AvgIpc) is 2.41. The van der Waals surface area contributed by atoms with Crippen LogP contribution in [0.4, 0.5) is 17.2 Å². The number of anilines is 3. The van der Waals surface area contributed by atoms with Crippen molar-refractivity contribution in [2.75, 3.05) is 10.6 Å². The van der Waals surface area contributed by atoms with Crippen molar-refractivity contribution in [1.29, 1.82) is 0 Å². The van der Waals surface area contributed by atoms with E-state index >= 15 is 0 Å². The van der Waals surface area contributed by atoms with E-state index < -0.39 is 0 Å².